The van der Waals surface area contributed by atoms with Crippen molar-refractivity contribution in [1.29, 1.82) is 0 Å². The Morgan fingerprint density at radius 1 is 1.21 bits per heavy atom. The molecule has 176 valence electrons. The average Bonchev–Trinajstić information content (AvgIpc) is 3.49. The molecule has 4 heterocycles. The Labute approximate surface area is 197 Å². The Morgan fingerprint density at radius 3 is 2.74 bits per heavy atom. The first-order chi connectivity index (χ1) is 16.5. The first kappa shape index (κ1) is 21.9. The van der Waals surface area contributed by atoms with E-state index in [2.05, 4.69) is 25.3 Å². The lowest BCUT2D eigenvalue weighted by atomic mass is 10.2. The van der Waals surface area contributed by atoms with Crippen LogP contribution in [0.4, 0.5) is 11.5 Å². The van der Waals surface area contributed by atoms with Crippen molar-refractivity contribution in [2.75, 3.05) is 36.5 Å². The molecular formula is C24H27N7O3. The maximum Gasteiger partial charge on any atom is 0.291 e. The van der Waals surface area contributed by atoms with Crippen molar-refractivity contribution in [2.45, 2.75) is 32.4 Å². The molecule has 0 unspecified atom stereocenters. The van der Waals surface area contributed by atoms with Crippen LogP contribution in [0.1, 0.15) is 34.8 Å². The molecule has 0 bridgehead atoms. The highest BCUT2D eigenvalue weighted by molar-refractivity contribution is 6.02. The van der Waals surface area contributed by atoms with Crippen LogP contribution in [0, 0.1) is 6.92 Å². The summed E-state index contributed by atoms with van der Waals surface area (Å²) in [5.41, 5.74) is 1.63. The van der Waals surface area contributed by atoms with E-state index in [4.69, 9.17) is 4.74 Å². The Balaban J connectivity index is 1.29. The van der Waals surface area contributed by atoms with Crippen LogP contribution < -0.4 is 19.9 Å². The minimum atomic E-state index is -0.874. The summed E-state index contributed by atoms with van der Waals surface area (Å²) < 4.78 is 7.63. The molecule has 1 fully saturated rings. The van der Waals surface area contributed by atoms with E-state index in [-0.39, 0.29) is 18.3 Å². The molecule has 2 aliphatic heterocycles. The molecule has 10 nitrogen and oxygen atoms in total. The van der Waals surface area contributed by atoms with Crippen molar-refractivity contribution >= 4 is 23.3 Å². The molecule has 0 aliphatic carbocycles. The number of rotatable bonds is 5. The van der Waals surface area contributed by atoms with Gasteiger partial charge in [-0.15, -0.1) is 5.10 Å². The normalized spacial score (nSPS) is 17.8. The number of nitrogens with zero attached hydrogens (tertiary/aromatic N) is 6. The highest BCUT2D eigenvalue weighted by Crippen LogP contribution is 2.33. The van der Waals surface area contributed by atoms with Crippen molar-refractivity contribution < 1.29 is 14.3 Å². The van der Waals surface area contributed by atoms with Crippen molar-refractivity contribution in [2.24, 2.45) is 0 Å². The van der Waals surface area contributed by atoms with E-state index in [1.165, 1.54) is 4.90 Å². The monoisotopic (exact) mass is 461 g/mol. The number of carbonyl (C=O) groups excluding carboxylic acids is 2. The van der Waals surface area contributed by atoms with Crippen LogP contribution in [0.15, 0.2) is 42.6 Å². The summed E-state index contributed by atoms with van der Waals surface area (Å²) in [7, 11) is 1.66. The second-order valence-corrected chi connectivity index (χ2v) is 8.56. The molecule has 0 saturated carbocycles. The number of aromatic nitrogens is 4. The summed E-state index contributed by atoms with van der Waals surface area (Å²) in [4.78, 5) is 38.5. The minimum absolute atomic E-state index is 0.00900. The number of hydrogen-bond acceptors (Lipinski definition) is 7. The van der Waals surface area contributed by atoms with Gasteiger partial charge in [0.2, 0.25) is 5.82 Å². The van der Waals surface area contributed by atoms with Crippen LogP contribution >= 0.6 is 0 Å². The average molecular weight is 462 g/mol. The number of aryl methyl sites for hydroxylation is 1. The third-order valence-electron chi connectivity index (χ3n) is 6.20. The van der Waals surface area contributed by atoms with E-state index in [0.717, 1.165) is 37.3 Å². The second-order valence-electron chi connectivity index (χ2n) is 8.56. The summed E-state index contributed by atoms with van der Waals surface area (Å²) in [5, 5.41) is 7.09. The maximum absolute atomic E-state index is 13.1. The topological polar surface area (TPSA) is 105 Å². The fourth-order valence-corrected chi connectivity index (χ4v) is 4.25. The molecule has 0 spiro atoms. The lowest BCUT2D eigenvalue weighted by Crippen LogP contribution is -2.49. The quantitative estimate of drug-likeness (QED) is 0.617. The van der Waals surface area contributed by atoms with Gasteiger partial charge in [0.05, 0.1) is 12.7 Å². The molecule has 3 aromatic rings. The van der Waals surface area contributed by atoms with Gasteiger partial charge in [0.25, 0.3) is 11.8 Å². The summed E-state index contributed by atoms with van der Waals surface area (Å²) >= 11 is 0. The molecule has 2 aromatic heterocycles. The fraction of sp³-hybridized carbons (Fsp3) is 0.375. The predicted molar refractivity (Wildman–Crippen MR) is 126 cm³/mol. The van der Waals surface area contributed by atoms with Gasteiger partial charge in [-0.2, -0.15) is 0 Å². The number of fused-ring (bicyclic) bond motifs is 1. The first-order valence-corrected chi connectivity index (χ1v) is 11.4. The van der Waals surface area contributed by atoms with E-state index < -0.39 is 11.9 Å². The van der Waals surface area contributed by atoms with Gasteiger partial charge in [0.1, 0.15) is 35.7 Å². The number of ether oxygens (including phenoxy) is 1. The van der Waals surface area contributed by atoms with E-state index in [1.54, 1.807) is 24.9 Å². The summed E-state index contributed by atoms with van der Waals surface area (Å²) in [5.74, 6) is 1.23. The van der Waals surface area contributed by atoms with E-state index in [1.807, 2.05) is 36.4 Å². The number of likely N-dealkylation sites (N-methyl/N-ethyl adjacent to an activating group) is 1. The van der Waals surface area contributed by atoms with Crippen molar-refractivity contribution in [3.8, 4) is 5.75 Å². The van der Waals surface area contributed by atoms with Gasteiger partial charge in [0.15, 0.2) is 0 Å². The van der Waals surface area contributed by atoms with Gasteiger partial charge < -0.3 is 19.9 Å². The van der Waals surface area contributed by atoms with E-state index in [0.29, 0.717) is 23.8 Å². The zero-order valence-corrected chi connectivity index (χ0v) is 19.3. The van der Waals surface area contributed by atoms with Crippen LogP contribution in [0.3, 0.4) is 0 Å². The van der Waals surface area contributed by atoms with Gasteiger partial charge in [-0.25, -0.2) is 14.6 Å². The minimum Gasteiger partial charge on any atom is -0.488 e. The highest BCUT2D eigenvalue weighted by Gasteiger charge is 2.32. The SMILES string of the molecule is Cc1nc(C(=O)N[C@H]2COc3cc(N4CCCC4)ncc3N(C)C2=O)nn1Cc1ccccc1. The fourth-order valence-electron chi connectivity index (χ4n) is 4.25. The van der Waals surface area contributed by atoms with Crippen LogP contribution in [0.2, 0.25) is 0 Å². The van der Waals surface area contributed by atoms with Gasteiger partial charge in [-0.05, 0) is 25.3 Å². The molecule has 34 heavy (non-hydrogen) atoms. The molecule has 1 aromatic carbocycles. The van der Waals surface area contributed by atoms with Crippen molar-refractivity contribution in [1.82, 2.24) is 25.1 Å². The molecule has 0 radical (unpaired) electrons. The number of nitrogens with one attached hydrogen (secondary N) is 1. The van der Waals surface area contributed by atoms with Gasteiger partial charge >= 0.3 is 0 Å². The molecule has 1 N–H and O–H groups in total. The maximum atomic E-state index is 13.1. The molecule has 5 rings (SSSR count). The van der Waals surface area contributed by atoms with Crippen LogP contribution in [-0.4, -0.2) is 64.3 Å². The van der Waals surface area contributed by atoms with Gasteiger partial charge in [-0.3, -0.25) is 9.59 Å². The summed E-state index contributed by atoms with van der Waals surface area (Å²) in [6.07, 6.45) is 3.93. The smallest absolute Gasteiger partial charge is 0.291 e. The van der Waals surface area contributed by atoms with Crippen molar-refractivity contribution in [3.63, 3.8) is 0 Å². The Kier molecular flexibility index (Phi) is 5.87. The molecule has 2 amide bonds. The number of carbonyl (C=O) groups is 2. The standard InChI is InChI=1S/C24H27N7O3/c1-16-26-22(28-31(16)14-17-8-4-3-5-9-17)23(32)27-18-15-34-20-12-21(30-10-6-7-11-30)25-13-19(20)29(2)24(18)33/h3-5,8-9,12-13,18H,6-7,10-11,14-15H2,1-2H3,(H,27,32)/t18-/m0/s1. The van der Waals surface area contributed by atoms with E-state index in [9.17, 15) is 9.59 Å². The molecule has 10 heteroatoms. The third-order valence-corrected chi connectivity index (χ3v) is 6.20. The van der Waals surface area contributed by atoms with Gasteiger partial charge in [0, 0.05) is 26.2 Å². The Hall–Kier alpha value is -3.95. The number of anilines is 2. The lowest BCUT2D eigenvalue weighted by molar-refractivity contribution is -0.120. The number of amides is 2. The lowest BCUT2D eigenvalue weighted by Gasteiger charge is -2.21. The van der Waals surface area contributed by atoms with Crippen LogP contribution in [0.5, 0.6) is 5.75 Å². The zero-order valence-electron chi connectivity index (χ0n) is 19.3. The highest BCUT2D eigenvalue weighted by atomic mass is 16.5. The number of benzene rings is 1. The zero-order chi connectivity index (χ0) is 23.7. The number of pyridine rings is 1. The third kappa shape index (κ3) is 4.30. The van der Waals surface area contributed by atoms with E-state index >= 15 is 0 Å². The second kappa shape index (κ2) is 9.12. The Bertz CT molecular complexity index is 1200. The summed E-state index contributed by atoms with van der Waals surface area (Å²) in [6, 6.07) is 10.8. The Morgan fingerprint density at radius 2 is 1.97 bits per heavy atom. The molecule has 1 saturated heterocycles. The largest absolute Gasteiger partial charge is 0.488 e. The molecular weight excluding hydrogens is 434 g/mol. The number of hydrogen-bond donors (Lipinski definition) is 1. The van der Waals surface area contributed by atoms with Gasteiger partial charge in [-0.1, -0.05) is 30.3 Å². The first-order valence-electron chi connectivity index (χ1n) is 11.4. The van der Waals surface area contributed by atoms with Crippen LogP contribution in [-0.2, 0) is 11.3 Å². The molecule has 2 aliphatic rings. The molecule has 1 atom stereocenters. The summed E-state index contributed by atoms with van der Waals surface area (Å²) in [6.45, 7) is 4.23. The predicted octanol–water partition coefficient (Wildman–Crippen LogP) is 1.78. The van der Waals surface area contributed by atoms with Crippen molar-refractivity contribution in [3.05, 3.63) is 59.8 Å². The van der Waals surface area contributed by atoms with Crippen LogP contribution in [0.25, 0.3) is 0 Å².